The Bertz CT molecular complexity index is 589. The Labute approximate surface area is 118 Å². The van der Waals surface area contributed by atoms with E-state index in [1.54, 1.807) is 11.3 Å². The third-order valence-corrected chi connectivity index (χ3v) is 4.68. The molecule has 0 aliphatic carbocycles. The minimum atomic E-state index is 0.432. The van der Waals surface area contributed by atoms with Gasteiger partial charge in [-0.25, -0.2) is 4.98 Å². The van der Waals surface area contributed by atoms with E-state index in [1.807, 2.05) is 0 Å². The van der Waals surface area contributed by atoms with Crippen molar-refractivity contribution in [2.75, 3.05) is 11.4 Å². The molecular formula is C15H19N3S. The second kappa shape index (κ2) is 4.94. The van der Waals surface area contributed by atoms with Gasteiger partial charge in [0.25, 0.3) is 0 Å². The average molecular weight is 273 g/mol. The van der Waals surface area contributed by atoms with Crippen LogP contribution in [0.15, 0.2) is 24.3 Å². The molecule has 0 saturated carbocycles. The van der Waals surface area contributed by atoms with Gasteiger partial charge in [0, 0.05) is 23.7 Å². The highest BCUT2D eigenvalue weighted by molar-refractivity contribution is 7.15. The van der Waals surface area contributed by atoms with Gasteiger partial charge in [0.2, 0.25) is 0 Å². The number of nitrogens with two attached hydrogens (primary N) is 1. The highest BCUT2D eigenvalue weighted by atomic mass is 32.1. The third-order valence-electron chi connectivity index (χ3n) is 3.57. The van der Waals surface area contributed by atoms with Crippen molar-refractivity contribution >= 4 is 22.2 Å². The Morgan fingerprint density at radius 2 is 2.16 bits per heavy atom. The molecule has 0 amide bonds. The SMILES string of the molecule is CC(C)c1nc(N2CCc3ccccc32)sc1CN. The Hall–Kier alpha value is -1.39. The predicted molar refractivity (Wildman–Crippen MR) is 81.2 cm³/mol. The normalized spacial score (nSPS) is 14.2. The number of thiazole rings is 1. The lowest BCUT2D eigenvalue weighted by Crippen LogP contribution is -2.12. The van der Waals surface area contributed by atoms with Gasteiger partial charge in [-0.1, -0.05) is 43.4 Å². The molecule has 2 heterocycles. The van der Waals surface area contributed by atoms with Gasteiger partial charge >= 0.3 is 0 Å². The van der Waals surface area contributed by atoms with Crippen LogP contribution in [0.5, 0.6) is 0 Å². The standard InChI is InChI=1S/C15H19N3S/c1-10(2)14-13(9-16)19-15(17-14)18-8-7-11-5-3-4-6-12(11)18/h3-6,10H,7-9,16H2,1-2H3. The predicted octanol–water partition coefficient (Wildman–Crippen LogP) is 3.42. The zero-order valence-corrected chi connectivity index (χ0v) is 12.2. The summed E-state index contributed by atoms with van der Waals surface area (Å²) < 4.78 is 0. The molecule has 1 aromatic carbocycles. The molecule has 0 bridgehead atoms. The smallest absolute Gasteiger partial charge is 0.190 e. The van der Waals surface area contributed by atoms with Crippen molar-refractivity contribution < 1.29 is 0 Å². The first kappa shape index (κ1) is 12.6. The Morgan fingerprint density at radius 3 is 2.84 bits per heavy atom. The van der Waals surface area contributed by atoms with Gasteiger partial charge in [-0.3, -0.25) is 0 Å². The van der Waals surface area contributed by atoms with E-state index >= 15 is 0 Å². The van der Waals surface area contributed by atoms with Crippen LogP contribution in [0.3, 0.4) is 0 Å². The maximum atomic E-state index is 5.85. The van der Waals surface area contributed by atoms with Crippen molar-refractivity contribution in [1.29, 1.82) is 0 Å². The first-order chi connectivity index (χ1) is 9.20. The van der Waals surface area contributed by atoms with Crippen LogP contribution in [0.4, 0.5) is 10.8 Å². The molecule has 4 heteroatoms. The van der Waals surface area contributed by atoms with Crippen LogP contribution >= 0.6 is 11.3 Å². The maximum absolute atomic E-state index is 5.85. The lowest BCUT2D eigenvalue weighted by Gasteiger charge is -2.15. The number of para-hydroxylation sites is 1. The van der Waals surface area contributed by atoms with Crippen molar-refractivity contribution in [1.82, 2.24) is 4.98 Å². The molecule has 0 atom stereocenters. The highest BCUT2D eigenvalue weighted by Gasteiger charge is 2.24. The Balaban J connectivity index is 2.00. The average Bonchev–Trinajstić information content (AvgIpc) is 3.01. The molecule has 1 aliphatic heterocycles. The third kappa shape index (κ3) is 2.15. The molecule has 1 aliphatic rings. The Morgan fingerprint density at radius 1 is 1.37 bits per heavy atom. The Kier molecular flexibility index (Phi) is 3.29. The van der Waals surface area contributed by atoms with Gasteiger partial charge < -0.3 is 10.6 Å². The van der Waals surface area contributed by atoms with Gasteiger partial charge in [-0.05, 0) is 24.0 Å². The van der Waals surface area contributed by atoms with Crippen LogP contribution in [0.2, 0.25) is 0 Å². The quantitative estimate of drug-likeness (QED) is 0.931. The van der Waals surface area contributed by atoms with Gasteiger partial charge in [-0.15, -0.1) is 0 Å². The zero-order chi connectivity index (χ0) is 13.4. The monoisotopic (exact) mass is 273 g/mol. The number of rotatable bonds is 3. The summed E-state index contributed by atoms with van der Waals surface area (Å²) in [6.07, 6.45) is 1.10. The largest absolute Gasteiger partial charge is 0.326 e. The number of anilines is 2. The minimum Gasteiger partial charge on any atom is -0.326 e. The van der Waals surface area contributed by atoms with Crippen molar-refractivity contribution in [3.05, 3.63) is 40.4 Å². The second-order valence-electron chi connectivity index (χ2n) is 5.19. The molecule has 3 nitrogen and oxygen atoms in total. The number of hydrogen-bond donors (Lipinski definition) is 1. The highest BCUT2D eigenvalue weighted by Crippen LogP contribution is 2.38. The maximum Gasteiger partial charge on any atom is 0.190 e. The zero-order valence-electron chi connectivity index (χ0n) is 11.4. The van der Waals surface area contributed by atoms with E-state index in [1.165, 1.54) is 16.1 Å². The summed E-state index contributed by atoms with van der Waals surface area (Å²) >= 11 is 1.74. The molecule has 2 N–H and O–H groups in total. The van der Waals surface area contributed by atoms with Crippen LogP contribution in [0.1, 0.15) is 35.9 Å². The number of nitrogens with zero attached hydrogens (tertiary/aromatic N) is 2. The van der Waals surface area contributed by atoms with Crippen LogP contribution in [0.25, 0.3) is 0 Å². The fraction of sp³-hybridized carbons (Fsp3) is 0.400. The van der Waals surface area contributed by atoms with E-state index in [-0.39, 0.29) is 0 Å². The van der Waals surface area contributed by atoms with E-state index in [2.05, 4.69) is 43.0 Å². The number of hydrogen-bond acceptors (Lipinski definition) is 4. The molecule has 3 rings (SSSR count). The molecule has 1 aromatic heterocycles. The van der Waals surface area contributed by atoms with E-state index in [4.69, 9.17) is 10.7 Å². The van der Waals surface area contributed by atoms with E-state index in [0.717, 1.165) is 23.8 Å². The van der Waals surface area contributed by atoms with Crippen LogP contribution in [-0.4, -0.2) is 11.5 Å². The molecule has 100 valence electrons. The van der Waals surface area contributed by atoms with E-state index in [9.17, 15) is 0 Å². The van der Waals surface area contributed by atoms with Gasteiger partial charge in [0.05, 0.1) is 5.69 Å². The van der Waals surface area contributed by atoms with Gasteiger partial charge in [0.1, 0.15) is 0 Å². The van der Waals surface area contributed by atoms with Crippen LogP contribution in [0, 0.1) is 0 Å². The fourth-order valence-corrected chi connectivity index (χ4v) is 3.73. The number of aromatic nitrogens is 1. The van der Waals surface area contributed by atoms with E-state index in [0.29, 0.717) is 12.5 Å². The fourth-order valence-electron chi connectivity index (χ4n) is 2.60. The van der Waals surface area contributed by atoms with Crippen LogP contribution in [-0.2, 0) is 13.0 Å². The van der Waals surface area contributed by atoms with Crippen molar-refractivity contribution in [2.24, 2.45) is 5.73 Å². The molecule has 19 heavy (non-hydrogen) atoms. The summed E-state index contributed by atoms with van der Waals surface area (Å²) in [7, 11) is 0. The topological polar surface area (TPSA) is 42.2 Å². The molecular weight excluding hydrogens is 254 g/mol. The summed E-state index contributed by atoms with van der Waals surface area (Å²) in [5, 5.41) is 1.09. The number of fused-ring (bicyclic) bond motifs is 1. The van der Waals surface area contributed by atoms with Crippen molar-refractivity contribution in [3.63, 3.8) is 0 Å². The summed E-state index contributed by atoms with van der Waals surface area (Å²) in [6, 6.07) is 8.59. The summed E-state index contributed by atoms with van der Waals surface area (Å²) in [5.41, 5.74) is 9.72. The second-order valence-corrected chi connectivity index (χ2v) is 6.26. The van der Waals surface area contributed by atoms with Gasteiger partial charge in [0.15, 0.2) is 5.13 Å². The first-order valence-electron chi connectivity index (χ1n) is 6.75. The molecule has 0 saturated heterocycles. The van der Waals surface area contributed by atoms with Crippen LogP contribution < -0.4 is 10.6 Å². The molecule has 0 unspecified atom stereocenters. The lowest BCUT2D eigenvalue weighted by atomic mass is 10.1. The first-order valence-corrected chi connectivity index (χ1v) is 7.57. The number of benzene rings is 1. The molecule has 2 aromatic rings. The lowest BCUT2D eigenvalue weighted by molar-refractivity contribution is 0.810. The molecule has 0 spiro atoms. The summed E-state index contributed by atoms with van der Waals surface area (Å²) in [6.45, 7) is 5.96. The van der Waals surface area contributed by atoms with Crippen molar-refractivity contribution in [3.8, 4) is 0 Å². The molecule has 0 radical (unpaired) electrons. The van der Waals surface area contributed by atoms with Crippen molar-refractivity contribution in [2.45, 2.75) is 32.7 Å². The van der Waals surface area contributed by atoms with Gasteiger partial charge in [-0.2, -0.15) is 0 Å². The minimum absolute atomic E-state index is 0.432. The van der Waals surface area contributed by atoms with E-state index < -0.39 is 0 Å². The summed E-state index contributed by atoms with van der Waals surface area (Å²) in [4.78, 5) is 8.37. The summed E-state index contributed by atoms with van der Waals surface area (Å²) in [5.74, 6) is 0.432. The molecule has 0 fully saturated rings.